The van der Waals surface area contributed by atoms with Crippen molar-refractivity contribution in [1.29, 1.82) is 0 Å². The molecule has 3 rings (SSSR count). The van der Waals surface area contributed by atoms with Crippen molar-refractivity contribution in [2.45, 2.75) is 13.0 Å². The van der Waals surface area contributed by atoms with Gasteiger partial charge in [0.25, 0.3) is 0 Å². The Labute approximate surface area is 135 Å². The number of hydrogen-bond donors (Lipinski definition) is 1. The quantitative estimate of drug-likeness (QED) is 0.937. The third-order valence-corrected chi connectivity index (χ3v) is 4.20. The lowest BCUT2D eigenvalue weighted by atomic mass is 10.1. The fourth-order valence-corrected chi connectivity index (χ4v) is 2.79. The van der Waals surface area contributed by atoms with Crippen LogP contribution in [-0.4, -0.2) is 53.2 Å². The molecule has 0 aliphatic carbocycles. The van der Waals surface area contributed by atoms with E-state index in [2.05, 4.69) is 26.8 Å². The summed E-state index contributed by atoms with van der Waals surface area (Å²) in [6, 6.07) is 4.97. The first-order valence-corrected chi connectivity index (χ1v) is 7.83. The Balaban J connectivity index is 1.82. The molecule has 6 heteroatoms. The van der Waals surface area contributed by atoms with Gasteiger partial charge in [0.1, 0.15) is 5.82 Å². The third kappa shape index (κ3) is 3.48. The van der Waals surface area contributed by atoms with Gasteiger partial charge in [0, 0.05) is 48.7 Å². The fourth-order valence-electron chi connectivity index (χ4n) is 2.79. The largest absolute Gasteiger partial charge is 0.392 e. The summed E-state index contributed by atoms with van der Waals surface area (Å²) < 4.78 is 14.3. The Morgan fingerprint density at radius 1 is 1.13 bits per heavy atom. The highest BCUT2D eigenvalue weighted by molar-refractivity contribution is 5.63. The number of nitrogens with zero attached hydrogens (tertiary/aromatic N) is 4. The van der Waals surface area contributed by atoms with Crippen LogP contribution in [0.2, 0.25) is 0 Å². The zero-order chi connectivity index (χ0) is 16.2. The van der Waals surface area contributed by atoms with Crippen LogP contribution in [0.3, 0.4) is 0 Å². The van der Waals surface area contributed by atoms with Crippen molar-refractivity contribution in [3.8, 4) is 11.1 Å². The zero-order valence-electron chi connectivity index (χ0n) is 13.2. The van der Waals surface area contributed by atoms with Gasteiger partial charge in [-0.05, 0) is 20.0 Å². The van der Waals surface area contributed by atoms with Gasteiger partial charge in [-0.3, -0.25) is 0 Å². The maximum Gasteiger partial charge on any atom is 0.225 e. The first-order chi connectivity index (χ1) is 11.2. The first kappa shape index (κ1) is 15.8. The molecule has 2 heterocycles. The van der Waals surface area contributed by atoms with E-state index in [1.807, 2.05) is 0 Å². The number of rotatable bonds is 3. The van der Waals surface area contributed by atoms with Gasteiger partial charge < -0.3 is 14.9 Å². The summed E-state index contributed by atoms with van der Waals surface area (Å²) in [7, 11) is 2.12. The standard InChI is InChI=1S/C17H21FN4O/c1-21-6-3-7-22(9-8-21)17-19-10-14(11-20-17)15-5-2-4-13(12-23)16(15)18/h2,4-5,10-11,23H,3,6-9,12H2,1H3. The summed E-state index contributed by atoms with van der Waals surface area (Å²) >= 11 is 0. The Kier molecular flexibility index (Phi) is 4.83. The molecule has 1 aliphatic heterocycles. The summed E-state index contributed by atoms with van der Waals surface area (Å²) in [5.41, 5.74) is 1.31. The predicted octanol–water partition coefficient (Wildman–Crippen LogP) is 1.92. The van der Waals surface area contributed by atoms with Crippen LogP contribution in [0.1, 0.15) is 12.0 Å². The van der Waals surface area contributed by atoms with Gasteiger partial charge in [0.15, 0.2) is 0 Å². The van der Waals surface area contributed by atoms with E-state index in [1.54, 1.807) is 30.6 Å². The van der Waals surface area contributed by atoms with Gasteiger partial charge in [-0.1, -0.05) is 18.2 Å². The minimum absolute atomic E-state index is 0.280. The molecule has 0 bridgehead atoms. The maximum absolute atomic E-state index is 14.3. The topological polar surface area (TPSA) is 52.5 Å². The Hall–Kier alpha value is -2.05. The highest BCUT2D eigenvalue weighted by Gasteiger charge is 2.15. The molecule has 122 valence electrons. The summed E-state index contributed by atoms with van der Waals surface area (Å²) in [5, 5.41) is 9.17. The van der Waals surface area contributed by atoms with Crippen LogP contribution in [0.15, 0.2) is 30.6 Å². The first-order valence-electron chi connectivity index (χ1n) is 7.83. The number of benzene rings is 1. The molecule has 0 spiro atoms. The molecule has 1 aromatic heterocycles. The Bertz CT molecular complexity index is 662. The van der Waals surface area contributed by atoms with Crippen LogP contribution in [0.5, 0.6) is 0 Å². The Morgan fingerprint density at radius 2 is 1.91 bits per heavy atom. The molecule has 1 N–H and O–H groups in total. The van der Waals surface area contributed by atoms with Gasteiger partial charge in [-0.15, -0.1) is 0 Å². The lowest BCUT2D eigenvalue weighted by molar-refractivity contribution is 0.276. The highest BCUT2D eigenvalue weighted by atomic mass is 19.1. The molecule has 0 radical (unpaired) electrons. The van der Waals surface area contributed by atoms with Crippen LogP contribution in [0.25, 0.3) is 11.1 Å². The highest BCUT2D eigenvalue weighted by Crippen LogP contribution is 2.25. The molecule has 23 heavy (non-hydrogen) atoms. The molecule has 5 nitrogen and oxygen atoms in total. The summed E-state index contributed by atoms with van der Waals surface area (Å²) in [5.74, 6) is 0.269. The van der Waals surface area contributed by atoms with Crippen molar-refractivity contribution in [2.24, 2.45) is 0 Å². The van der Waals surface area contributed by atoms with E-state index in [4.69, 9.17) is 0 Å². The van der Waals surface area contributed by atoms with Crippen LogP contribution in [0.4, 0.5) is 10.3 Å². The van der Waals surface area contributed by atoms with Gasteiger partial charge in [-0.2, -0.15) is 0 Å². The van der Waals surface area contributed by atoms with E-state index in [9.17, 15) is 9.50 Å². The number of hydrogen-bond acceptors (Lipinski definition) is 5. The average Bonchev–Trinajstić information content (AvgIpc) is 2.80. The SMILES string of the molecule is CN1CCCN(c2ncc(-c3cccc(CO)c3F)cn2)CC1. The van der Waals surface area contributed by atoms with Gasteiger partial charge >= 0.3 is 0 Å². The monoisotopic (exact) mass is 316 g/mol. The number of aliphatic hydroxyl groups is 1. The molecule has 0 saturated carbocycles. The number of anilines is 1. The van der Waals surface area contributed by atoms with Crippen LogP contribution in [0, 0.1) is 5.82 Å². The number of halogens is 1. The molecular formula is C17H21FN4O. The van der Waals surface area contributed by atoms with Crippen LogP contribution < -0.4 is 4.90 Å². The van der Waals surface area contributed by atoms with Crippen molar-refractivity contribution < 1.29 is 9.50 Å². The van der Waals surface area contributed by atoms with Crippen molar-refractivity contribution in [2.75, 3.05) is 38.1 Å². The molecule has 2 aromatic rings. The van der Waals surface area contributed by atoms with E-state index < -0.39 is 5.82 Å². The molecule has 1 fully saturated rings. The summed E-state index contributed by atoms with van der Waals surface area (Å²) in [4.78, 5) is 13.3. The summed E-state index contributed by atoms with van der Waals surface area (Å²) in [6.45, 7) is 3.56. The zero-order valence-corrected chi connectivity index (χ0v) is 13.2. The average molecular weight is 316 g/mol. The Morgan fingerprint density at radius 3 is 2.65 bits per heavy atom. The fraction of sp³-hybridized carbons (Fsp3) is 0.412. The summed E-state index contributed by atoms with van der Waals surface area (Å²) in [6.07, 6.45) is 4.38. The number of likely N-dealkylation sites (N-methyl/N-ethyl adjacent to an activating group) is 1. The molecule has 0 unspecified atom stereocenters. The van der Waals surface area contributed by atoms with E-state index in [0.29, 0.717) is 17.1 Å². The third-order valence-electron chi connectivity index (χ3n) is 4.20. The van der Waals surface area contributed by atoms with Gasteiger partial charge in [0.05, 0.1) is 6.61 Å². The molecule has 1 saturated heterocycles. The molecule has 0 atom stereocenters. The molecule has 1 aromatic carbocycles. The van der Waals surface area contributed by atoms with Gasteiger partial charge in [-0.25, -0.2) is 14.4 Å². The second kappa shape index (κ2) is 7.02. The van der Waals surface area contributed by atoms with E-state index in [-0.39, 0.29) is 12.2 Å². The predicted molar refractivity (Wildman–Crippen MR) is 87.7 cm³/mol. The minimum atomic E-state index is -0.414. The molecule has 1 aliphatic rings. The number of aliphatic hydroxyl groups excluding tert-OH is 1. The minimum Gasteiger partial charge on any atom is -0.392 e. The maximum atomic E-state index is 14.3. The molecular weight excluding hydrogens is 295 g/mol. The van der Waals surface area contributed by atoms with Crippen molar-refractivity contribution in [3.05, 3.63) is 42.0 Å². The lowest BCUT2D eigenvalue weighted by Crippen LogP contribution is -2.30. The lowest BCUT2D eigenvalue weighted by Gasteiger charge is -2.20. The van der Waals surface area contributed by atoms with E-state index in [0.717, 1.165) is 32.6 Å². The van der Waals surface area contributed by atoms with Crippen molar-refractivity contribution >= 4 is 5.95 Å². The van der Waals surface area contributed by atoms with Crippen molar-refractivity contribution in [1.82, 2.24) is 14.9 Å². The van der Waals surface area contributed by atoms with E-state index in [1.165, 1.54) is 0 Å². The second-order valence-corrected chi connectivity index (χ2v) is 5.85. The number of aromatic nitrogens is 2. The van der Waals surface area contributed by atoms with Crippen LogP contribution in [-0.2, 0) is 6.61 Å². The smallest absolute Gasteiger partial charge is 0.225 e. The second-order valence-electron chi connectivity index (χ2n) is 5.85. The normalized spacial score (nSPS) is 16.4. The van der Waals surface area contributed by atoms with E-state index >= 15 is 0 Å². The van der Waals surface area contributed by atoms with Gasteiger partial charge in [0.2, 0.25) is 5.95 Å². The van der Waals surface area contributed by atoms with Crippen molar-refractivity contribution in [3.63, 3.8) is 0 Å². The van der Waals surface area contributed by atoms with Crippen LogP contribution >= 0.6 is 0 Å². The molecule has 0 amide bonds.